The lowest BCUT2D eigenvalue weighted by Crippen LogP contribution is -2.56. The Morgan fingerprint density at radius 1 is 1.06 bits per heavy atom. The highest BCUT2D eigenvalue weighted by Gasteiger charge is 2.52. The van der Waals surface area contributed by atoms with Gasteiger partial charge in [-0.3, -0.25) is 4.99 Å². The predicted molar refractivity (Wildman–Crippen MR) is 134 cm³/mol. The van der Waals surface area contributed by atoms with Gasteiger partial charge in [0.05, 0.1) is 32.6 Å². The minimum Gasteiger partial charge on any atom is -0.497 e. The Balaban J connectivity index is 1.50. The van der Waals surface area contributed by atoms with E-state index in [9.17, 15) is 0 Å². The molecule has 0 saturated carbocycles. The Labute approximate surface area is 198 Å². The quantitative estimate of drug-likeness (QED) is 0.474. The van der Waals surface area contributed by atoms with Crippen molar-refractivity contribution in [3.63, 3.8) is 0 Å². The fraction of sp³-hybridized carbons (Fsp3) is 0.296. The predicted octanol–water partition coefficient (Wildman–Crippen LogP) is 6.10. The summed E-state index contributed by atoms with van der Waals surface area (Å²) in [6, 6.07) is 18.7. The summed E-state index contributed by atoms with van der Waals surface area (Å²) < 4.78 is 17.6. The molecule has 3 aliphatic heterocycles. The van der Waals surface area contributed by atoms with Crippen molar-refractivity contribution in [2.75, 3.05) is 20.8 Å². The van der Waals surface area contributed by atoms with Crippen molar-refractivity contribution >= 4 is 33.4 Å². The number of thioether (sulfide) groups is 1. The highest BCUT2D eigenvalue weighted by Crippen LogP contribution is 2.54. The molecule has 5 nitrogen and oxygen atoms in total. The van der Waals surface area contributed by atoms with Crippen molar-refractivity contribution in [3.8, 4) is 17.2 Å². The van der Waals surface area contributed by atoms with Crippen molar-refractivity contribution in [1.29, 1.82) is 0 Å². The van der Waals surface area contributed by atoms with Gasteiger partial charge in [0.1, 0.15) is 17.2 Å². The monoisotopic (exact) mass is 458 g/mol. The molecule has 2 atom stereocenters. The van der Waals surface area contributed by atoms with Gasteiger partial charge in [-0.2, -0.15) is 0 Å². The molecule has 3 aliphatic rings. The zero-order valence-corrected chi connectivity index (χ0v) is 20.0. The summed E-state index contributed by atoms with van der Waals surface area (Å²) in [5.41, 5.74) is 3.07. The fourth-order valence-corrected chi connectivity index (χ4v) is 6.43. The first-order valence-electron chi connectivity index (χ1n) is 11.1. The lowest BCUT2D eigenvalue weighted by atomic mass is 9.74. The van der Waals surface area contributed by atoms with E-state index in [1.54, 1.807) is 26.0 Å². The number of fused-ring (bicyclic) bond motifs is 6. The average Bonchev–Trinajstić information content (AvgIpc) is 3.28. The van der Waals surface area contributed by atoms with E-state index >= 15 is 0 Å². The molecule has 0 aromatic heterocycles. The van der Waals surface area contributed by atoms with Crippen molar-refractivity contribution in [2.24, 2.45) is 10.9 Å². The SMILES string of the molecule is COc1ccc(OC)c(C2=CSC3=N[C@@H]4c5c(ccc6ccccc56)OC[C@@H]4C(C)(C)N23)c1. The van der Waals surface area contributed by atoms with Crippen LogP contribution in [0.15, 0.2) is 65.0 Å². The van der Waals surface area contributed by atoms with E-state index < -0.39 is 0 Å². The molecule has 3 aromatic rings. The van der Waals surface area contributed by atoms with E-state index in [0.717, 1.165) is 33.7 Å². The maximum absolute atomic E-state index is 6.34. The summed E-state index contributed by atoms with van der Waals surface area (Å²) in [6.07, 6.45) is 0. The number of rotatable bonds is 3. The fourth-order valence-electron chi connectivity index (χ4n) is 5.37. The normalized spacial score (nSPS) is 22.5. The molecule has 0 aliphatic carbocycles. The van der Waals surface area contributed by atoms with Gasteiger partial charge in [0.2, 0.25) is 0 Å². The first-order valence-corrected chi connectivity index (χ1v) is 12.0. The number of ether oxygens (including phenoxy) is 3. The summed E-state index contributed by atoms with van der Waals surface area (Å²) in [5, 5.41) is 5.64. The van der Waals surface area contributed by atoms with Crippen LogP contribution in [0.3, 0.4) is 0 Å². The molecule has 0 N–H and O–H groups in total. The highest BCUT2D eigenvalue weighted by atomic mass is 32.2. The second kappa shape index (κ2) is 7.45. The summed E-state index contributed by atoms with van der Waals surface area (Å²) in [5.74, 6) is 2.77. The molecular formula is C27H26N2O3S. The van der Waals surface area contributed by atoms with Crippen LogP contribution < -0.4 is 14.2 Å². The van der Waals surface area contributed by atoms with Crippen molar-refractivity contribution in [2.45, 2.75) is 25.4 Å². The van der Waals surface area contributed by atoms with Crippen LogP contribution in [0.4, 0.5) is 0 Å². The van der Waals surface area contributed by atoms with E-state index in [1.807, 2.05) is 18.2 Å². The van der Waals surface area contributed by atoms with Crippen LogP contribution in [-0.4, -0.2) is 36.4 Å². The van der Waals surface area contributed by atoms with Gasteiger partial charge in [0.25, 0.3) is 0 Å². The smallest absolute Gasteiger partial charge is 0.169 e. The van der Waals surface area contributed by atoms with Gasteiger partial charge in [-0.25, -0.2) is 0 Å². The Kier molecular flexibility index (Phi) is 4.63. The highest BCUT2D eigenvalue weighted by molar-refractivity contribution is 8.16. The van der Waals surface area contributed by atoms with Crippen LogP contribution in [0.5, 0.6) is 17.2 Å². The Morgan fingerprint density at radius 2 is 1.91 bits per heavy atom. The zero-order valence-electron chi connectivity index (χ0n) is 19.2. The lowest BCUT2D eigenvalue weighted by molar-refractivity contribution is 0.0753. The molecule has 0 spiro atoms. The number of aliphatic imine (C=N–C) groups is 1. The van der Waals surface area contributed by atoms with Gasteiger partial charge in [-0.05, 0) is 48.9 Å². The molecule has 33 heavy (non-hydrogen) atoms. The van der Waals surface area contributed by atoms with E-state index in [4.69, 9.17) is 19.2 Å². The number of methoxy groups -OCH3 is 2. The zero-order chi connectivity index (χ0) is 22.7. The number of amidine groups is 1. The number of nitrogens with zero attached hydrogens (tertiary/aromatic N) is 2. The average molecular weight is 459 g/mol. The van der Waals surface area contributed by atoms with Gasteiger partial charge in [0.15, 0.2) is 5.17 Å². The first kappa shape index (κ1) is 20.5. The van der Waals surface area contributed by atoms with E-state index in [-0.39, 0.29) is 17.5 Å². The summed E-state index contributed by atoms with van der Waals surface area (Å²) >= 11 is 1.68. The second-order valence-electron chi connectivity index (χ2n) is 9.15. The number of hydrogen-bond donors (Lipinski definition) is 0. The third kappa shape index (κ3) is 2.97. The topological polar surface area (TPSA) is 43.3 Å². The second-order valence-corrected chi connectivity index (χ2v) is 9.99. The maximum Gasteiger partial charge on any atom is 0.169 e. The van der Waals surface area contributed by atoms with E-state index in [1.165, 1.54) is 16.3 Å². The molecule has 0 unspecified atom stereocenters. The van der Waals surface area contributed by atoms with Crippen LogP contribution in [-0.2, 0) is 0 Å². The minimum atomic E-state index is -0.222. The summed E-state index contributed by atoms with van der Waals surface area (Å²) in [4.78, 5) is 7.68. The van der Waals surface area contributed by atoms with Crippen molar-refractivity contribution in [3.05, 3.63) is 71.1 Å². The van der Waals surface area contributed by atoms with Crippen LogP contribution >= 0.6 is 11.8 Å². The lowest BCUT2D eigenvalue weighted by Gasteiger charge is -2.51. The molecule has 3 heterocycles. The van der Waals surface area contributed by atoms with Crippen LogP contribution in [0.2, 0.25) is 0 Å². The minimum absolute atomic E-state index is 0.0496. The molecular weight excluding hydrogens is 432 g/mol. The molecule has 3 aromatic carbocycles. The molecule has 6 rings (SSSR count). The third-order valence-electron chi connectivity index (χ3n) is 7.15. The summed E-state index contributed by atoms with van der Waals surface area (Å²) in [6.45, 7) is 5.22. The molecule has 0 radical (unpaired) electrons. The molecule has 0 saturated heterocycles. The van der Waals surface area contributed by atoms with Crippen LogP contribution in [0.1, 0.15) is 31.0 Å². The van der Waals surface area contributed by atoms with Gasteiger partial charge in [-0.15, -0.1) is 0 Å². The number of benzene rings is 3. The third-order valence-corrected chi connectivity index (χ3v) is 7.99. The Morgan fingerprint density at radius 3 is 2.73 bits per heavy atom. The van der Waals surface area contributed by atoms with Gasteiger partial charge >= 0.3 is 0 Å². The Bertz CT molecular complexity index is 1330. The maximum atomic E-state index is 6.34. The van der Waals surface area contributed by atoms with E-state index in [2.05, 4.69) is 60.6 Å². The van der Waals surface area contributed by atoms with Gasteiger partial charge in [0, 0.05) is 28.0 Å². The molecule has 6 heteroatoms. The largest absolute Gasteiger partial charge is 0.497 e. The summed E-state index contributed by atoms with van der Waals surface area (Å²) in [7, 11) is 3.39. The Hall–Kier alpha value is -3.12. The van der Waals surface area contributed by atoms with Crippen molar-refractivity contribution < 1.29 is 14.2 Å². The molecule has 0 fully saturated rings. The van der Waals surface area contributed by atoms with Crippen LogP contribution in [0, 0.1) is 5.92 Å². The van der Waals surface area contributed by atoms with Crippen LogP contribution in [0.25, 0.3) is 16.5 Å². The molecule has 0 bridgehead atoms. The molecule has 0 amide bonds. The van der Waals surface area contributed by atoms with Gasteiger partial charge < -0.3 is 19.1 Å². The standard InChI is InChI=1S/C27H26N2O3S/c1-27(2)20-14-32-23-11-9-16-7-5-6-8-18(16)24(23)25(20)28-26-29(27)21(15-33-26)19-13-17(30-3)10-12-22(19)31-4/h5-13,15,20,25H,14H2,1-4H3/t20-,25-/m0/s1. The van der Waals surface area contributed by atoms with Crippen molar-refractivity contribution in [1.82, 2.24) is 4.90 Å². The van der Waals surface area contributed by atoms with Gasteiger partial charge in [-0.1, -0.05) is 42.1 Å². The number of hydrogen-bond acceptors (Lipinski definition) is 6. The molecule has 168 valence electrons. The van der Waals surface area contributed by atoms with E-state index in [0.29, 0.717) is 6.61 Å². The first-order chi connectivity index (χ1) is 16.0.